The van der Waals surface area contributed by atoms with Crippen molar-refractivity contribution in [2.75, 3.05) is 31.1 Å². The predicted octanol–water partition coefficient (Wildman–Crippen LogP) is 1.53. The molecule has 9 heteroatoms. The Kier molecular flexibility index (Phi) is 9.76. The quantitative estimate of drug-likeness (QED) is 0.768. The zero-order chi connectivity index (χ0) is 17.8. The second kappa shape index (κ2) is 11.0. The first-order valence-electron chi connectivity index (χ1n) is 9.01. The lowest BCUT2D eigenvalue weighted by atomic mass is 10.1. The van der Waals surface area contributed by atoms with Crippen LogP contribution in [0.15, 0.2) is 18.3 Å². The number of amides is 1. The van der Waals surface area contributed by atoms with E-state index in [0.29, 0.717) is 19.7 Å². The highest BCUT2D eigenvalue weighted by Crippen LogP contribution is 2.18. The van der Waals surface area contributed by atoms with Gasteiger partial charge in [0, 0.05) is 32.4 Å². The summed E-state index contributed by atoms with van der Waals surface area (Å²) in [5, 5.41) is 6.15. The maximum atomic E-state index is 12.3. The lowest BCUT2D eigenvalue weighted by molar-refractivity contribution is -0.129. The molecule has 1 aromatic heterocycles. The van der Waals surface area contributed by atoms with Gasteiger partial charge in [0.2, 0.25) is 5.91 Å². The number of carbonyl (C=O) groups is 1. The number of pyridine rings is 1. The van der Waals surface area contributed by atoms with Crippen molar-refractivity contribution in [2.45, 2.75) is 51.7 Å². The minimum atomic E-state index is -0.294. The Morgan fingerprint density at radius 1 is 1.26 bits per heavy atom. The predicted molar refractivity (Wildman–Crippen MR) is 110 cm³/mol. The molecule has 0 saturated carbocycles. The van der Waals surface area contributed by atoms with E-state index in [2.05, 4.69) is 34.4 Å². The van der Waals surface area contributed by atoms with Crippen molar-refractivity contribution < 1.29 is 14.3 Å². The van der Waals surface area contributed by atoms with Gasteiger partial charge < -0.3 is 25.0 Å². The molecule has 0 bridgehead atoms. The number of nitrogens with one attached hydrogen (secondary N) is 2. The summed E-state index contributed by atoms with van der Waals surface area (Å²) < 4.78 is 11.3. The maximum absolute atomic E-state index is 12.3. The minimum Gasteiger partial charge on any atom is -0.375 e. The maximum Gasteiger partial charge on any atom is 0.240 e. The van der Waals surface area contributed by atoms with Crippen molar-refractivity contribution in [2.24, 2.45) is 0 Å². The Morgan fingerprint density at radius 2 is 1.96 bits per heavy atom. The van der Waals surface area contributed by atoms with Gasteiger partial charge in [-0.2, -0.15) is 0 Å². The summed E-state index contributed by atoms with van der Waals surface area (Å²) in [6.45, 7) is 9.58. The molecule has 4 atom stereocenters. The minimum absolute atomic E-state index is 0. The van der Waals surface area contributed by atoms with Crippen LogP contribution in [0.5, 0.6) is 0 Å². The van der Waals surface area contributed by atoms with Crippen molar-refractivity contribution in [3.63, 3.8) is 0 Å². The normalized spacial score (nSPS) is 27.9. The summed E-state index contributed by atoms with van der Waals surface area (Å²) in [5.74, 6) is 0.917. The molecule has 2 fully saturated rings. The number of ether oxygens (including phenoxy) is 2. The zero-order valence-electron chi connectivity index (χ0n) is 16.0. The largest absolute Gasteiger partial charge is 0.375 e. The van der Waals surface area contributed by atoms with Crippen LogP contribution >= 0.6 is 24.8 Å². The van der Waals surface area contributed by atoms with E-state index in [9.17, 15) is 4.79 Å². The molecule has 3 heterocycles. The number of aromatic nitrogens is 1. The fourth-order valence-electron chi connectivity index (χ4n) is 3.40. The van der Waals surface area contributed by atoms with Crippen LogP contribution < -0.4 is 15.5 Å². The standard InChI is InChI=1S/C18H28N4O3.2ClH/c1-12-10-22(11-13(2)25-12)16-5-4-15(8-20-16)9-21-18(23)17-14(3)24-7-6-19-17;;/h4-5,8,12-14,17,19H,6-7,9-11H2,1-3H3,(H,21,23);2*1H/t12?,13?,14-,17+;;/m1../s1. The second-order valence-corrected chi connectivity index (χ2v) is 6.91. The van der Waals surface area contributed by atoms with Gasteiger partial charge in [-0.05, 0) is 32.4 Å². The smallest absolute Gasteiger partial charge is 0.240 e. The lowest BCUT2D eigenvalue weighted by Crippen LogP contribution is -2.55. The fourth-order valence-corrected chi connectivity index (χ4v) is 3.40. The summed E-state index contributed by atoms with van der Waals surface area (Å²) in [4.78, 5) is 19.1. The number of halogens is 2. The Morgan fingerprint density at radius 3 is 2.56 bits per heavy atom. The zero-order valence-corrected chi connectivity index (χ0v) is 17.6. The number of anilines is 1. The van der Waals surface area contributed by atoms with Gasteiger partial charge in [-0.1, -0.05) is 6.07 Å². The summed E-state index contributed by atoms with van der Waals surface area (Å²) in [5.41, 5.74) is 0.982. The summed E-state index contributed by atoms with van der Waals surface area (Å²) >= 11 is 0. The molecule has 0 aromatic carbocycles. The SMILES string of the molecule is CC1CN(c2ccc(CNC(=O)[C@H]3NCCO[C@@H]3C)cn2)CC(C)O1.Cl.Cl. The molecular weight excluding hydrogens is 391 g/mol. The highest BCUT2D eigenvalue weighted by molar-refractivity contribution is 5.85. The van der Waals surface area contributed by atoms with E-state index in [0.717, 1.165) is 24.5 Å². The molecule has 1 aromatic rings. The number of rotatable bonds is 4. The Hall–Kier alpha value is -1.12. The van der Waals surface area contributed by atoms with Gasteiger partial charge in [0.25, 0.3) is 0 Å². The van der Waals surface area contributed by atoms with Gasteiger partial charge in [-0.3, -0.25) is 4.79 Å². The van der Waals surface area contributed by atoms with Crippen LogP contribution in [0, 0.1) is 0 Å². The van der Waals surface area contributed by atoms with Gasteiger partial charge in [0.15, 0.2) is 0 Å². The molecule has 2 N–H and O–H groups in total. The summed E-state index contributed by atoms with van der Waals surface area (Å²) in [6.07, 6.45) is 2.13. The first-order chi connectivity index (χ1) is 12.0. The molecular formula is C18H30Cl2N4O3. The number of hydrogen-bond acceptors (Lipinski definition) is 6. The van der Waals surface area contributed by atoms with Crippen molar-refractivity contribution in [1.82, 2.24) is 15.6 Å². The second-order valence-electron chi connectivity index (χ2n) is 6.91. The fraction of sp³-hybridized carbons (Fsp3) is 0.667. The van der Waals surface area contributed by atoms with Crippen molar-refractivity contribution >= 4 is 36.5 Å². The molecule has 2 unspecified atom stereocenters. The van der Waals surface area contributed by atoms with E-state index in [1.807, 2.05) is 25.3 Å². The van der Waals surface area contributed by atoms with Crippen molar-refractivity contribution in [1.29, 1.82) is 0 Å². The number of hydrogen-bond donors (Lipinski definition) is 2. The van der Waals surface area contributed by atoms with E-state index < -0.39 is 0 Å². The van der Waals surface area contributed by atoms with Crippen LogP contribution in [-0.2, 0) is 20.8 Å². The highest BCUT2D eigenvalue weighted by atomic mass is 35.5. The average Bonchev–Trinajstić information content (AvgIpc) is 2.60. The average molecular weight is 421 g/mol. The van der Waals surface area contributed by atoms with E-state index in [1.54, 1.807) is 0 Å². The van der Waals surface area contributed by atoms with Gasteiger partial charge in [0.05, 0.1) is 24.9 Å². The monoisotopic (exact) mass is 420 g/mol. The topological polar surface area (TPSA) is 75.7 Å². The third-order valence-corrected chi connectivity index (χ3v) is 4.62. The first kappa shape index (κ1) is 23.9. The van der Waals surface area contributed by atoms with Crippen LogP contribution in [0.2, 0.25) is 0 Å². The van der Waals surface area contributed by atoms with Crippen molar-refractivity contribution in [3.05, 3.63) is 23.9 Å². The Balaban J connectivity index is 0.00000182. The molecule has 7 nitrogen and oxygen atoms in total. The summed E-state index contributed by atoms with van der Waals surface area (Å²) in [7, 11) is 0. The van der Waals surface area contributed by atoms with Crippen molar-refractivity contribution in [3.8, 4) is 0 Å². The summed E-state index contributed by atoms with van der Waals surface area (Å²) in [6, 6.07) is 3.73. The molecule has 2 saturated heterocycles. The van der Waals surface area contributed by atoms with E-state index in [-0.39, 0.29) is 55.1 Å². The molecule has 0 aliphatic carbocycles. The van der Waals surface area contributed by atoms with Crippen LogP contribution in [0.4, 0.5) is 5.82 Å². The van der Waals surface area contributed by atoms with Crippen LogP contribution in [0.1, 0.15) is 26.3 Å². The third-order valence-electron chi connectivity index (χ3n) is 4.62. The van der Waals surface area contributed by atoms with E-state index >= 15 is 0 Å². The first-order valence-corrected chi connectivity index (χ1v) is 9.01. The van der Waals surface area contributed by atoms with Crippen LogP contribution in [-0.4, -0.2) is 61.5 Å². The molecule has 3 rings (SSSR count). The lowest BCUT2D eigenvalue weighted by Gasteiger charge is -2.36. The number of carbonyl (C=O) groups excluding carboxylic acids is 1. The van der Waals surface area contributed by atoms with Gasteiger partial charge in [-0.15, -0.1) is 24.8 Å². The van der Waals surface area contributed by atoms with E-state index in [1.165, 1.54) is 0 Å². The molecule has 2 aliphatic heterocycles. The van der Waals surface area contributed by atoms with Crippen LogP contribution in [0.25, 0.3) is 0 Å². The highest BCUT2D eigenvalue weighted by Gasteiger charge is 2.28. The third kappa shape index (κ3) is 6.47. The number of morpholine rings is 2. The number of nitrogens with zero attached hydrogens (tertiary/aromatic N) is 2. The Bertz CT molecular complexity index is 580. The Labute approximate surface area is 173 Å². The van der Waals surface area contributed by atoms with Gasteiger partial charge in [-0.25, -0.2) is 4.98 Å². The molecule has 154 valence electrons. The molecule has 0 radical (unpaired) electrons. The molecule has 27 heavy (non-hydrogen) atoms. The molecule has 1 amide bonds. The molecule has 0 spiro atoms. The van der Waals surface area contributed by atoms with E-state index in [4.69, 9.17) is 9.47 Å². The van der Waals surface area contributed by atoms with Gasteiger partial charge in [0.1, 0.15) is 11.9 Å². The molecule has 2 aliphatic rings. The van der Waals surface area contributed by atoms with Crippen LogP contribution in [0.3, 0.4) is 0 Å². The van der Waals surface area contributed by atoms with Gasteiger partial charge >= 0.3 is 0 Å².